The second-order valence-electron chi connectivity index (χ2n) is 9.34. The maximum atomic E-state index is 5.52. The van der Waals surface area contributed by atoms with Gasteiger partial charge in [-0.2, -0.15) is 5.10 Å². The first-order valence-corrected chi connectivity index (χ1v) is 12.4. The largest absolute Gasteiger partial charge is 0.379 e. The van der Waals surface area contributed by atoms with Gasteiger partial charge in [-0.15, -0.1) is 0 Å². The first kappa shape index (κ1) is 22.0. The van der Waals surface area contributed by atoms with Crippen LogP contribution in [0, 0.1) is 6.92 Å². The average molecular weight is 470 g/mol. The molecule has 8 heteroatoms. The number of morpholine rings is 1. The van der Waals surface area contributed by atoms with Crippen LogP contribution in [0.1, 0.15) is 18.4 Å². The van der Waals surface area contributed by atoms with Crippen molar-refractivity contribution in [2.24, 2.45) is 0 Å². The van der Waals surface area contributed by atoms with Crippen LogP contribution in [-0.2, 0) is 4.74 Å². The van der Waals surface area contributed by atoms with Crippen LogP contribution < -0.4 is 10.2 Å². The van der Waals surface area contributed by atoms with E-state index < -0.39 is 0 Å². The van der Waals surface area contributed by atoms with E-state index in [1.54, 1.807) is 6.33 Å². The summed E-state index contributed by atoms with van der Waals surface area (Å²) >= 11 is 0. The Balaban J connectivity index is 1.17. The molecule has 0 saturated carbocycles. The van der Waals surface area contributed by atoms with Crippen LogP contribution in [0.4, 0.5) is 17.2 Å². The van der Waals surface area contributed by atoms with E-state index in [9.17, 15) is 0 Å². The highest BCUT2D eigenvalue weighted by Crippen LogP contribution is 2.28. The van der Waals surface area contributed by atoms with E-state index in [1.807, 2.05) is 23.0 Å². The Morgan fingerprint density at radius 3 is 2.40 bits per heavy atom. The highest BCUT2D eigenvalue weighted by atomic mass is 16.5. The molecule has 35 heavy (non-hydrogen) atoms. The van der Waals surface area contributed by atoms with Gasteiger partial charge in [0, 0.05) is 43.6 Å². The fourth-order valence-corrected chi connectivity index (χ4v) is 5.21. The topological polar surface area (TPSA) is 71.3 Å². The fourth-order valence-electron chi connectivity index (χ4n) is 5.21. The molecule has 0 unspecified atom stereocenters. The molecule has 0 amide bonds. The molecule has 0 bridgehead atoms. The molecule has 2 aliphatic heterocycles. The molecule has 0 atom stereocenters. The number of benzene rings is 2. The van der Waals surface area contributed by atoms with E-state index in [4.69, 9.17) is 4.74 Å². The summed E-state index contributed by atoms with van der Waals surface area (Å²) in [6, 6.07) is 17.5. The molecule has 2 saturated heterocycles. The van der Waals surface area contributed by atoms with E-state index in [0.717, 1.165) is 73.2 Å². The Kier molecular flexibility index (Phi) is 6.06. The number of piperidine rings is 1. The van der Waals surface area contributed by atoms with Crippen LogP contribution in [0.25, 0.3) is 16.7 Å². The minimum absolute atomic E-state index is 0.687. The van der Waals surface area contributed by atoms with Crippen molar-refractivity contribution in [2.75, 3.05) is 49.6 Å². The molecule has 8 nitrogen and oxygen atoms in total. The molecule has 180 valence electrons. The first-order valence-electron chi connectivity index (χ1n) is 12.4. The molecular weight excluding hydrogens is 438 g/mol. The zero-order valence-corrected chi connectivity index (χ0v) is 20.1. The van der Waals surface area contributed by atoms with Crippen LogP contribution in [-0.4, -0.2) is 70.1 Å². The summed E-state index contributed by atoms with van der Waals surface area (Å²) in [4.78, 5) is 14.1. The van der Waals surface area contributed by atoms with Crippen LogP contribution in [0.5, 0.6) is 0 Å². The number of anilines is 3. The fraction of sp³-hybridized carbons (Fsp3) is 0.370. The van der Waals surface area contributed by atoms with Crippen molar-refractivity contribution in [3.05, 3.63) is 66.6 Å². The Hall–Kier alpha value is -3.49. The van der Waals surface area contributed by atoms with Crippen LogP contribution in [0.3, 0.4) is 0 Å². The third-order valence-corrected chi connectivity index (χ3v) is 7.25. The van der Waals surface area contributed by atoms with Gasteiger partial charge in [0.2, 0.25) is 0 Å². The van der Waals surface area contributed by atoms with E-state index in [-0.39, 0.29) is 0 Å². The molecule has 4 aromatic rings. The molecule has 2 aromatic heterocycles. The van der Waals surface area contributed by atoms with Crippen LogP contribution in [0.2, 0.25) is 0 Å². The van der Waals surface area contributed by atoms with Gasteiger partial charge in [-0.25, -0.2) is 14.6 Å². The van der Waals surface area contributed by atoms with Crippen LogP contribution >= 0.6 is 0 Å². The van der Waals surface area contributed by atoms with E-state index in [1.165, 1.54) is 18.5 Å². The number of fused-ring (bicyclic) bond motifs is 1. The lowest BCUT2D eigenvalue weighted by atomic mass is 10.0. The van der Waals surface area contributed by atoms with Crippen molar-refractivity contribution < 1.29 is 4.74 Å². The van der Waals surface area contributed by atoms with Gasteiger partial charge >= 0.3 is 0 Å². The molecule has 6 rings (SSSR count). The molecule has 2 aliphatic rings. The molecule has 4 heterocycles. The smallest absolute Gasteiger partial charge is 0.168 e. The number of para-hydroxylation sites is 1. The quantitative estimate of drug-likeness (QED) is 0.470. The molecular formula is C27H31N7O. The number of hydrogen-bond donors (Lipinski definition) is 1. The first-order chi connectivity index (χ1) is 17.3. The number of rotatable bonds is 5. The summed E-state index contributed by atoms with van der Waals surface area (Å²) in [7, 11) is 0. The Labute approximate surface area is 205 Å². The van der Waals surface area contributed by atoms with Crippen molar-refractivity contribution in [2.45, 2.75) is 25.8 Å². The van der Waals surface area contributed by atoms with Crippen molar-refractivity contribution in [3.8, 4) is 5.69 Å². The van der Waals surface area contributed by atoms with Crippen molar-refractivity contribution >= 4 is 28.2 Å². The lowest BCUT2D eigenvalue weighted by Crippen LogP contribution is -2.49. The van der Waals surface area contributed by atoms with Gasteiger partial charge in [0.1, 0.15) is 12.1 Å². The summed E-state index contributed by atoms with van der Waals surface area (Å²) < 4.78 is 7.40. The van der Waals surface area contributed by atoms with Gasteiger partial charge in [0.05, 0.1) is 30.5 Å². The van der Waals surface area contributed by atoms with Gasteiger partial charge in [-0.3, -0.25) is 4.90 Å². The molecule has 1 N–H and O–H groups in total. The van der Waals surface area contributed by atoms with Gasteiger partial charge in [0.25, 0.3) is 0 Å². The predicted molar refractivity (Wildman–Crippen MR) is 139 cm³/mol. The maximum absolute atomic E-state index is 5.52. The lowest BCUT2D eigenvalue weighted by Gasteiger charge is -2.40. The second-order valence-corrected chi connectivity index (χ2v) is 9.34. The zero-order valence-electron chi connectivity index (χ0n) is 20.1. The third-order valence-electron chi connectivity index (χ3n) is 7.25. The SMILES string of the molecule is Cc1ccccc1Nc1ncnc2c1cnn2-c1ccc(N2CCC(N3CCOCC3)CC2)cc1. The standard InChI is InChI=1S/C27H31N7O/c1-20-4-2-3-5-25(20)31-26-24-18-30-34(27(24)29-19-28-26)23-8-6-21(7-9-23)32-12-10-22(11-13-32)33-14-16-35-17-15-33/h2-9,18-19,22H,10-17H2,1H3,(H,28,29,31). The Morgan fingerprint density at radius 1 is 0.886 bits per heavy atom. The van der Waals surface area contributed by atoms with E-state index in [0.29, 0.717) is 6.04 Å². The zero-order chi connectivity index (χ0) is 23.6. The number of ether oxygens (including phenoxy) is 1. The summed E-state index contributed by atoms with van der Waals surface area (Å²) in [6.45, 7) is 8.15. The van der Waals surface area contributed by atoms with Crippen molar-refractivity contribution in [1.29, 1.82) is 0 Å². The second kappa shape index (κ2) is 9.64. The molecule has 0 aliphatic carbocycles. The molecule has 0 radical (unpaired) electrons. The number of aromatic nitrogens is 4. The van der Waals surface area contributed by atoms with E-state index in [2.05, 4.69) is 73.5 Å². The minimum atomic E-state index is 0.687. The molecule has 2 aromatic carbocycles. The van der Waals surface area contributed by atoms with Crippen molar-refractivity contribution in [3.63, 3.8) is 0 Å². The lowest BCUT2D eigenvalue weighted by molar-refractivity contribution is 0.0115. The molecule has 2 fully saturated rings. The summed E-state index contributed by atoms with van der Waals surface area (Å²) in [5.74, 6) is 0.760. The number of aryl methyl sites for hydroxylation is 1. The average Bonchev–Trinajstić information content (AvgIpc) is 3.36. The van der Waals surface area contributed by atoms with Gasteiger partial charge in [0.15, 0.2) is 5.65 Å². The number of nitrogens with one attached hydrogen (secondary N) is 1. The van der Waals surface area contributed by atoms with Gasteiger partial charge in [-0.05, 0) is 55.7 Å². The minimum Gasteiger partial charge on any atom is -0.379 e. The third kappa shape index (κ3) is 4.47. The number of hydrogen-bond acceptors (Lipinski definition) is 7. The van der Waals surface area contributed by atoms with Crippen molar-refractivity contribution in [1.82, 2.24) is 24.6 Å². The summed E-state index contributed by atoms with van der Waals surface area (Å²) in [6.07, 6.45) is 5.84. The highest BCUT2D eigenvalue weighted by Gasteiger charge is 2.26. The van der Waals surface area contributed by atoms with E-state index >= 15 is 0 Å². The molecule has 0 spiro atoms. The van der Waals surface area contributed by atoms with Gasteiger partial charge in [-0.1, -0.05) is 18.2 Å². The monoisotopic (exact) mass is 469 g/mol. The number of nitrogens with zero attached hydrogens (tertiary/aromatic N) is 6. The van der Waals surface area contributed by atoms with Crippen LogP contribution in [0.15, 0.2) is 61.1 Å². The normalized spacial score (nSPS) is 17.7. The summed E-state index contributed by atoms with van der Waals surface area (Å²) in [5, 5.41) is 8.97. The predicted octanol–water partition coefficient (Wildman–Crippen LogP) is 4.17. The van der Waals surface area contributed by atoms with Gasteiger partial charge < -0.3 is 15.0 Å². The Bertz CT molecular complexity index is 1290. The maximum Gasteiger partial charge on any atom is 0.168 e. The summed E-state index contributed by atoms with van der Waals surface area (Å²) in [5.41, 5.74) is 5.24. The Morgan fingerprint density at radius 2 is 1.63 bits per heavy atom. The highest BCUT2D eigenvalue weighted by molar-refractivity contribution is 5.89.